The van der Waals surface area contributed by atoms with Crippen LogP contribution in [0.3, 0.4) is 0 Å². The number of benzene rings is 9. The van der Waals surface area contributed by atoms with Gasteiger partial charge in [-0.25, -0.2) is 0 Å². The minimum atomic E-state index is -1.14. The zero-order valence-electron chi connectivity index (χ0n) is 26.4. The van der Waals surface area contributed by atoms with Crippen molar-refractivity contribution in [3.8, 4) is 0 Å². The first-order valence-corrected chi connectivity index (χ1v) is 18.0. The lowest BCUT2D eigenvalue weighted by Gasteiger charge is -2.21. The van der Waals surface area contributed by atoms with Crippen LogP contribution in [-0.4, -0.2) is 0 Å². The molecule has 228 valence electrons. The maximum atomic E-state index is 7.03. The van der Waals surface area contributed by atoms with Gasteiger partial charge in [0.15, 0.2) is 0 Å². The van der Waals surface area contributed by atoms with Crippen molar-refractivity contribution < 1.29 is 8.83 Å². The molecule has 2 aromatic heterocycles. The molecule has 9 aromatic carbocycles. The number of furan rings is 2. The van der Waals surface area contributed by atoms with E-state index in [1.54, 1.807) is 0 Å². The molecule has 49 heavy (non-hydrogen) atoms. The standard InChI is InChI=1S/C46H27O2P/c1-2-16-32(17-3-1)49(39-26-30-14-6-10-20-35(30)43-41-33-18-8-4-12-28(33)22-24-37(41)47-45(39)43)40-27-31-15-7-11-21-36(31)44-42-34-19-9-5-13-29(34)23-25-38(42)48-46(40)44/h1-27H. The van der Waals surface area contributed by atoms with Gasteiger partial charge in [0.05, 0.1) is 0 Å². The van der Waals surface area contributed by atoms with Crippen LogP contribution in [0, 0.1) is 0 Å². The number of rotatable bonds is 3. The maximum Gasteiger partial charge on any atom is 0.144 e. The van der Waals surface area contributed by atoms with Gasteiger partial charge in [-0.2, -0.15) is 0 Å². The predicted octanol–water partition coefficient (Wildman–Crippen LogP) is 11.9. The molecule has 0 spiro atoms. The molecule has 0 N–H and O–H groups in total. The fourth-order valence-corrected chi connectivity index (χ4v) is 10.6. The second-order valence-electron chi connectivity index (χ2n) is 12.8. The van der Waals surface area contributed by atoms with E-state index in [9.17, 15) is 0 Å². The van der Waals surface area contributed by atoms with Gasteiger partial charge in [-0.15, -0.1) is 0 Å². The summed E-state index contributed by atoms with van der Waals surface area (Å²) in [7, 11) is -1.14. The lowest BCUT2D eigenvalue weighted by atomic mass is 9.99. The molecule has 11 rings (SSSR count). The Kier molecular flexibility index (Phi) is 5.67. The summed E-state index contributed by atoms with van der Waals surface area (Å²) >= 11 is 0. The van der Waals surface area contributed by atoms with Crippen LogP contribution < -0.4 is 15.9 Å². The summed E-state index contributed by atoms with van der Waals surface area (Å²) in [5, 5.41) is 18.0. The molecule has 0 saturated carbocycles. The molecule has 11 aromatic rings. The Balaban J connectivity index is 1.34. The number of hydrogen-bond donors (Lipinski definition) is 0. The highest BCUT2D eigenvalue weighted by Crippen LogP contribution is 2.47. The Morgan fingerprint density at radius 3 is 1.18 bits per heavy atom. The molecular formula is C46H27O2P. The summed E-state index contributed by atoms with van der Waals surface area (Å²) in [6.07, 6.45) is 0. The molecule has 0 saturated heterocycles. The van der Waals surface area contributed by atoms with Gasteiger partial charge in [-0.05, 0) is 80.6 Å². The van der Waals surface area contributed by atoms with E-state index in [-0.39, 0.29) is 0 Å². The third kappa shape index (κ3) is 3.87. The van der Waals surface area contributed by atoms with Crippen molar-refractivity contribution in [3.63, 3.8) is 0 Å². The van der Waals surface area contributed by atoms with Crippen molar-refractivity contribution in [1.82, 2.24) is 0 Å². The van der Waals surface area contributed by atoms with Crippen LogP contribution in [0.2, 0.25) is 0 Å². The summed E-state index contributed by atoms with van der Waals surface area (Å²) in [4.78, 5) is 0. The van der Waals surface area contributed by atoms with Crippen LogP contribution in [0.1, 0.15) is 0 Å². The molecule has 0 amide bonds. The Morgan fingerprint density at radius 2 is 0.714 bits per heavy atom. The second-order valence-corrected chi connectivity index (χ2v) is 15.0. The zero-order chi connectivity index (χ0) is 32.1. The summed E-state index contributed by atoms with van der Waals surface area (Å²) in [6.45, 7) is 0. The molecule has 3 heteroatoms. The normalized spacial score (nSPS) is 12.3. The third-order valence-electron chi connectivity index (χ3n) is 10.2. The van der Waals surface area contributed by atoms with Gasteiger partial charge in [0.1, 0.15) is 22.3 Å². The second kappa shape index (κ2) is 10.3. The number of fused-ring (bicyclic) bond motifs is 14. The van der Waals surface area contributed by atoms with Gasteiger partial charge < -0.3 is 8.83 Å². The Labute approximate surface area is 282 Å². The molecule has 0 aliphatic rings. The van der Waals surface area contributed by atoms with Crippen LogP contribution >= 0.6 is 7.92 Å². The minimum absolute atomic E-state index is 0.910. The maximum absolute atomic E-state index is 7.03. The molecule has 0 radical (unpaired) electrons. The summed E-state index contributed by atoms with van der Waals surface area (Å²) < 4.78 is 14.1. The van der Waals surface area contributed by atoms with Gasteiger partial charge in [0.25, 0.3) is 0 Å². The Morgan fingerprint density at radius 1 is 0.327 bits per heavy atom. The first-order valence-electron chi connectivity index (χ1n) is 16.7. The van der Waals surface area contributed by atoms with E-state index >= 15 is 0 Å². The van der Waals surface area contributed by atoms with E-state index in [2.05, 4.69) is 164 Å². The zero-order valence-corrected chi connectivity index (χ0v) is 27.2. The van der Waals surface area contributed by atoms with Crippen LogP contribution in [0.25, 0.3) is 87.0 Å². The predicted molar refractivity (Wildman–Crippen MR) is 210 cm³/mol. The molecular weight excluding hydrogens is 615 g/mol. The summed E-state index contributed by atoms with van der Waals surface area (Å²) in [5.74, 6) is 0. The average molecular weight is 643 g/mol. The van der Waals surface area contributed by atoms with Crippen molar-refractivity contribution in [3.05, 3.63) is 164 Å². The first-order chi connectivity index (χ1) is 24.3. The molecule has 2 nitrogen and oxygen atoms in total. The molecule has 2 heterocycles. The minimum Gasteiger partial charge on any atom is -0.455 e. The highest BCUT2D eigenvalue weighted by Gasteiger charge is 2.29. The van der Waals surface area contributed by atoms with E-state index in [4.69, 9.17) is 8.83 Å². The highest BCUT2D eigenvalue weighted by atomic mass is 31.1. The van der Waals surface area contributed by atoms with E-state index in [0.29, 0.717) is 0 Å². The van der Waals surface area contributed by atoms with Gasteiger partial charge in [0, 0.05) is 32.2 Å². The first kappa shape index (κ1) is 27.0. The smallest absolute Gasteiger partial charge is 0.144 e. The summed E-state index contributed by atoms with van der Waals surface area (Å²) in [5.41, 5.74) is 3.71. The summed E-state index contributed by atoms with van der Waals surface area (Å²) in [6, 6.07) is 59.1. The number of hydrogen-bond acceptors (Lipinski definition) is 2. The average Bonchev–Trinajstić information content (AvgIpc) is 3.76. The van der Waals surface area contributed by atoms with Crippen molar-refractivity contribution >= 4 is 111 Å². The van der Waals surface area contributed by atoms with Gasteiger partial charge in [-0.1, -0.05) is 140 Å². The fourth-order valence-electron chi connectivity index (χ4n) is 8.06. The van der Waals surface area contributed by atoms with E-state index in [1.807, 2.05) is 0 Å². The molecule has 0 unspecified atom stereocenters. The van der Waals surface area contributed by atoms with Crippen LogP contribution in [0.15, 0.2) is 173 Å². The van der Waals surface area contributed by atoms with Gasteiger partial charge in [0.2, 0.25) is 0 Å². The highest BCUT2D eigenvalue weighted by molar-refractivity contribution is 7.80. The lowest BCUT2D eigenvalue weighted by Crippen LogP contribution is -2.21. The largest absolute Gasteiger partial charge is 0.455 e. The molecule has 0 atom stereocenters. The van der Waals surface area contributed by atoms with E-state index in [0.717, 1.165) is 22.3 Å². The van der Waals surface area contributed by atoms with Gasteiger partial charge >= 0.3 is 0 Å². The van der Waals surface area contributed by atoms with Crippen molar-refractivity contribution in [2.24, 2.45) is 0 Å². The van der Waals surface area contributed by atoms with Crippen molar-refractivity contribution in [1.29, 1.82) is 0 Å². The SMILES string of the molecule is c1ccc(P(c2cc3ccccc3c3c2oc2ccc4ccccc4c23)c2cc3ccccc3c3c2oc2ccc4ccccc4c23)cc1. The Hall–Kier alpha value is -5.95. The Bertz CT molecular complexity index is 2920. The quantitative estimate of drug-likeness (QED) is 0.179. The monoisotopic (exact) mass is 642 g/mol. The topological polar surface area (TPSA) is 26.3 Å². The molecule has 0 aliphatic heterocycles. The molecule has 0 bridgehead atoms. The van der Waals surface area contributed by atoms with Crippen molar-refractivity contribution in [2.75, 3.05) is 0 Å². The van der Waals surface area contributed by atoms with E-state index < -0.39 is 7.92 Å². The van der Waals surface area contributed by atoms with Crippen LogP contribution in [0.5, 0.6) is 0 Å². The van der Waals surface area contributed by atoms with Crippen LogP contribution in [0.4, 0.5) is 0 Å². The van der Waals surface area contributed by atoms with Crippen molar-refractivity contribution in [2.45, 2.75) is 0 Å². The van der Waals surface area contributed by atoms with E-state index in [1.165, 1.54) is 80.5 Å². The van der Waals surface area contributed by atoms with Crippen LogP contribution in [-0.2, 0) is 0 Å². The lowest BCUT2D eigenvalue weighted by molar-refractivity contribution is 0.672. The third-order valence-corrected chi connectivity index (χ3v) is 12.6. The fraction of sp³-hybridized carbons (Fsp3) is 0. The molecule has 0 aliphatic carbocycles. The molecule has 0 fully saturated rings. The van der Waals surface area contributed by atoms with Gasteiger partial charge in [-0.3, -0.25) is 0 Å².